The largest absolute Gasteiger partial charge is 0.376 e. The summed E-state index contributed by atoms with van der Waals surface area (Å²) in [6.45, 7) is 1.97. The Balaban J connectivity index is 2.24. The maximum Gasteiger partial charge on any atom is 0.202 e. The van der Waals surface area contributed by atoms with Gasteiger partial charge in [-0.2, -0.15) is 0 Å². The summed E-state index contributed by atoms with van der Waals surface area (Å²) in [5.74, 6) is 0.0742. The number of methoxy groups -OCH3 is 1. The van der Waals surface area contributed by atoms with Crippen molar-refractivity contribution in [1.29, 1.82) is 0 Å². The van der Waals surface area contributed by atoms with Gasteiger partial charge >= 0.3 is 0 Å². The molecule has 1 aromatic carbocycles. The Hall–Kier alpha value is -1.45. The van der Waals surface area contributed by atoms with Crippen LogP contribution in [0.1, 0.15) is 33.1 Å². The smallest absolute Gasteiger partial charge is 0.202 e. The number of benzene rings is 1. The molecule has 0 fully saturated rings. The minimum absolute atomic E-state index is 0.0392. The number of hydrogen-bond acceptors (Lipinski definition) is 3. The molecule has 0 saturated carbocycles. The van der Waals surface area contributed by atoms with E-state index in [1.54, 1.807) is 7.11 Å². The van der Waals surface area contributed by atoms with Crippen LogP contribution in [0.25, 0.3) is 0 Å². The van der Waals surface area contributed by atoms with Gasteiger partial charge in [-0.1, -0.05) is 30.3 Å². The predicted octanol–water partition coefficient (Wildman–Crippen LogP) is 3.69. The van der Waals surface area contributed by atoms with Gasteiger partial charge < -0.3 is 4.74 Å². The molecule has 0 aliphatic heterocycles. The summed E-state index contributed by atoms with van der Waals surface area (Å²) in [6.07, 6.45) is 0.0392. The van der Waals surface area contributed by atoms with E-state index in [0.29, 0.717) is 0 Å². The average molecular weight is 246 g/mol. The molecule has 17 heavy (non-hydrogen) atoms. The lowest BCUT2D eigenvalue weighted by atomic mass is 10.1. The van der Waals surface area contributed by atoms with Crippen LogP contribution in [0.3, 0.4) is 0 Å². The van der Waals surface area contributed by atoms with Crippen LogP contribution in [0.15, 0.2) is 42.5 Å². The maximum atomic E-state index is 12.1. The maximum absolute atomic E-state index is 12.1. The highest BCUT2D eigenvalue weighted by Crippen LogP contribution is 2.26. The molecule has 0 saturated heterocycles. The molecule has 2 rings (SSSR count). The van der Waals surface area contributed by atoms with E-state index in [2.05, 4.69) is 0 Å². The lowest BCUT2D eigenvalue weighted by Crippen LogP contribution is -1.97. The van der Waals surface area contributed by atoms with Crippen molar-refractivity contribution in [3.63, 3.8) is 0 Å². The van der Waals surface area contributed by atoms with E-state index >= 15 is 0 Å². The fourth-order valence-corrected chi connectivity index (χ4v) is 2.54. The Morgan fingerprint density at radius 3 is 2.53 bits per heavy atom. The van der Waals surface area contributed by atoms with Gasteiger partial charge in [0.1, 0.15) is 0 Å². The van der Waals surface area contributed by atoms with E-state index in [0.717, 1.165) is 15.3 Å². The number of hydrogen-bond donors (Lipinski definition) is 0. The molecule has 0 radical (unpaired) electrons. The van der Waals surface area contributed by atoms with Crippen LogP contribution in [-0.2, 0) is 4.74 Å². The third-order valence-corrected chi connectivity index (χ3v) is 3.89. The summed E-state index contributed by atoms with van der Waals surface area (Å²) in [5, 5.41) is 0. The van der Waals surface area contributed by atoms with Crippen LogP contribution in [-0.4, -0.2) is 12.9 Å². The van der Waals surface area contributed by atoms with Crippen LogP contribution in [0.2, 0.25) is 0 Å². The molecule has 2 nitrogen and oxygen atoms in total. The van der Waals surface area contributed by atoms with E-state index in [-0.39, 0.29) is 11.9 Å². The minimum atomic E-state index is 0.0392. The highest BCUT2D eigenvalue weighted by Gasteiger charge is 2.13. The van der Waals surface area contributed by atoms with Crippen LogP contribution < -0.4 is 0 Å². The second-order valence-electron chi connectivity index (χ2n) is 3.78. The summed E-state index contributed by atoms with van der Waals surface area (Å²) in [5.41, 5.74) is 0.728. The van der Waals surface area contributed by atoms with Gasteiger partial charge in [0.25, 0.3) is 0 Å². The Morgan fingerprint density at radius 2 is 1.88 bits per heavy atom. The molecular formula is C14H14O2S. The monoisotopic (exact) mass is 246 g/mol. The van der Waals surface area contributed by atoms with Gasteiger partial charge in [-0.15, -0.1) is 11.3 Å². The number of thiophene rings is 1. The van der Waals surface area contributed by atoms with Gasteiger partial charge in [0.05, 0.1) is 11.0 Å². The van der Waals surface area contributed by atoms with Crippen molar-refractivity contribution in [2.24, 2.45) is 0 Å². The molecule has 0 bridgehead atoms. The highest BCUT2D eigenvalue weighted by molar-refractivity contribution is 7.14. The molecule has 0 spiro atoms. The number of carbonyl (C=O) groups is 1. The molecule has 2 aromatic rings. The fourth-order valence-electron chi connectivity index (χ4n) is 1.54. The van der Waals surface area contributed by atoms with Crippen LogP contribution >= 0.6 is 11.3 Å². The zero-order valence-electron chi connectivity index (χ0n) is 9.84. The number of ether oxygens (including phenoxy) is 1. The summed E-state index contributed by atoms with van der Waals surface area (Å²) < 4.78 is 5.23. The first-order chi connectivity index (χ1) is 8.22. The topological polar surface area (TPSA) is 26.3 Å². The van der Waals surface area contributed by atoms with Gasteiger partial charge in [0, 0.05) is 17.6 Å². The molecule has 0 N–H and O–H groups in total. The molecule has 0 aliphatic carbocycles. The first kappa shape index (κ1) is 12.0. The van der Waals surface area contributed by atoms with Crippen LogP contribution in [0, 0.1) is 0 Å². The third-order valence-electron chi connectivity index (χ3n) is 2.64. The first-order valence-electron chi connectivity index (χ1n) is 5.44. The van der Waals surface area contributed by atoms with Gasteiger partial charge in [-0.05, 0) is 19.1 Å². The van der Waals surface area contributed by atoms with Crippen molar-refractivity contribution in [2.45, 2.75) is 13.0 Å². The molecule has 1 unspecified atom stereocenters. The Labute approximate surface area is 105 Å². The third kappa shape index (κ3) is 2.62. The number of carbonyl (C=O) groups excluding carboxylic acids is 1. The summed E-state index contributed by atoms with van der Waals surface area (Å²) in [6, 6.07) is 13.1. The highest BCUT2D eigenvalue weighted by atomic mass is 32.1. The molecule has 0 amide bonds. The SMILES string of the molecule is COC(C)c1ccc(C(=O)c2ccccc2)s1. The molecular weight excluding hydrogens is 232 g/mol. The molecule has 88 valence electrons. The van der Waals surface area contributed by atoms with Crippen LogP contribution in [0.4, 0.5) is 0 Å². The lowest BCUT2D eigenvalue weighted by molar-refractivity contribution is 0.104. The zero-order valence-corrected chi connectivity index (χ0v) is 10.7. The molecule has 1 heterocycles. The fraction of sp³-hybridized carbons (Fsp3) is 0.214. The zero-order chi connectivity index (χ0) is 12.3. The molecule has 3 heteroatoms. The summed E-state index contributed by atoms with van der Waals surface area (Å²) >= 11 is 1.49. The van der Waals surface area contributed by atoms with Gasteiger partial charge in [0.15, 0.2) is 0 Å². The van der Waals surface area contributed by atoms with Crippen molar-refractivity contribution in [3.05, 3.63) is 57.8 Å². The Kier molecular flexibility index (Phi) is 3.71. The van der Waals surface area contributed by atoms with Crippen molar-refractivity contribution >= 4 is 17.1 Å². The van der Waals surface area contributed by atoms with Crippen molar-refractivity contribution in [1.82, 2.24) is 0 Å². The van der Waals surface area contributed by atoms with Crippen molar-refractivity contribution in [2.75, 3.05) is 7.11 Å². The van der Waals surface area contributed by atoms with Crippen LogP contribution in [0.5, 0.6) is 0 Å². The van der Waals surface area contributed by atoms with Crippen molar-refractivity contribution < 1.29 is 9.53 Å². The van der Waals surface area contributed by atoms with E-state index in [9.17, 15) is 4.79 Å². The number of rotatable bonds is 4. The van der Waals surface area contributed by atoms with E-state index in [1.807, 2.05) is 49.4 Å². The van der Waals surface area contributed by atoms with E-state index in [1.165, 1.54) is 11.3 Å². The van der Waals surface area contributed by atoms with Crippen molar-refractivity contribution in [3.8, 4) is 0 Å². The minimum Gasteiger partial charge on any atom is -0.376 e. The molecule has 1 aromatic heterocycles. The number of ketones is 1. The molecule has 1 atom stereocenters. The van der Waals surface area contributed by atoms with Gasteiger partial charge in [-0.25, -0.2) is 0 Å². The van der Waals surface area contributed by atoms with Gasteiger partial charge in [0.2, 0.25) is 5.78 Å². The van der Waals surface area contributed by atoms with Gasteiger partial charge in [-0.3, -0.25) is 4.79 Å². The normalized spacial score (nSPS) is 12.4. The van der Waals surface area contributed by atoms with E-state index < -0.39 is 0 Å². The Bertz CT molecular complexity index is 502. The predicted molar refractivity (Wildman–Crippen MR) is 69.6 cm³/mol. The summed E-state index contributed by atoms with van der Waals surface area (Å²) in [4.78, 5) is 14.0. The Morgan fingerprint density at radius 1 is 1.18 bits per heavy atom. The standard InChI is InChI=1S/C14H14O2S/c1-10(16-2)12-8-9-13(17-12)14(15)11-6-4-3-5-7-11/h3-10H,1-2H3. The molecule has 0 aliphatic rings. The quantitative estimate of drug-likeness (QED) is 0.769. The summed E-state index contributed by atoms with van der Waals surface area (Å²) in [7, 11) is 1.67. The van der Waals surface area contributed by atoms with E-state index in [4.69, 9.17) is 4.74 Å². The second-order valence-corrected chi connectivity index (χ2v) is 4.89. The lowest BCUT2D eigenvalue weighted by Gasteiger charge is -2.04. The second kappa shape index (κ2) is 5.25. The average Bonchev–Trinajstić information content (AvgIpc) is 2.87. The first-order valence-corrected chi connectivity index (χ1v) is 6.26.